The molecule has 0 saturated carbocycles. The van der Waals surface area contributed by atoms with Gasteiger partial charge in [-0.05, 0) is 12.1 Å². The molecular weight excluding hydrogens is 241 g/mol. The van der Waals surface area contributed by atoms with Crippen LogP contribution in [0.1, 0.15) is 0 Å². The van der Waals surface area contributed by atoms with Crippen LogP contribution in [-0.4, -0.2) is 25.3 Å². The van der Waals surface area contributed by atoms with Gasteiger partial charge in [0.05, 0.1) is 17.2 Å². The summed E-state index contributed by atoms with van der Waals surface area (Å²) >= 11 is 11.4. The first-order chi connectivity index (χ1) is 7.04. The maximum Gasteiger partial charge on any atom is 0.439 e. The number of carbonyl (C=O) groups excluding carboxylic acids is 1. The van der Waals surface area contributed by atoms with Crippen LogP contribution in [0.25, 0.3) is 0 Å². The maximum absolute atomic E-state index is 11.2. The molecule has 0 radical (unpaired) electrons. The number of benzene rings is 1. The Balaban J connectivity index is 2.73. The smallest absolute Gasteiger partial charge is 0.409 e. The molecule has 4 nitrogen and oxygen atoms in total. The summed E-state index contributed by atoms with van der Waals surface area (Å²) in [6.45, 7) is 0. The van der Waals surface area contributed by atoms with Crippen LogP contribution in [0.4, 0.5) is 4.79 Å². The third kappa shape index (κ3) is 3.27. The van der Waals surface area contributed by atoms with Crippen molar-refractivity contribution in [3.8, 4) is 5.75 Å². The Morgan fingerprint density at radius 2 is 2.00 bits per heavy atom. The van der Waals surface area contributed by atoms with Crippen molar-refractivity contribution in [3.63, 3.8) is 0 Å². The van der Waals surface area contributed by atoms with Crippen LogP contribution in [0.2, 0.25) is 10.0 Å². The molecule has 6 heteroatoms. The summed E-state index contributed by atoms with van der Waals surface area (Å²) < 4.78 is 4.92. The normalized spacial score (nSPS) is 9.87. The van der Waals surface area contributed by atoms with Crippen LogP contribution in [0.3, 0.4) is 0 Å². The molecule has 0 aliphatic carbocycles. The molecule has 0 aromatic heterocycles. The van der Waals surface area contributed by atoms with Gasteiger partial charge in [-0.2, -0.15) is 5.06 Å². The first-order valence-electron chi connectivity index (χ1n) is 3.99. The van der Waals surface area contributed by atoms with Gasteiger partial charge in [-0.3, -0.25) is 4.84 Å². The Bertz CT molecular complexity index is 370. The number of halogens is 2. The van der Waals surface area contributed by atoms with Crippen LogP contribution in [0.5, 0.6) is 5.75 Å². The molecule has 1 aromatic carbocycles. The number of ether oxygens (including phenoxy) is 1. The van der Waals surface area contributed by atoms with Crippen molar-refractivity contribution in [3.05, 3.63) is 28.2 Å². The lowest BCUT2D eigenvalue weighted by molar-refractivity contribution is -0.0790. The first kappa shape index (κ1) is 12.1. The van der Waals surface area contributed by atoms with Gasteiger partial charge < -0.3 is 4.74 Å². The fourth-order valence-corrected chi connectivity index (χ4v) is 1.07. The van der Waals surface area contributed by atoms with E-state index in [1.807, 2.05) is 0 Å². The predicted octanol–water partition coefficient (Wildman–Crippen LogP) is 2.99. The van der Waals surface area contributed by atoms with Crippen molar-refractivity contribution in [1.29, 1.82) is 0 Å². The van der Waals surface area contributed by atoms with Gasteiger partial charge in [-0.25, -0.2) is 4.79 Å². The average Bonchev–Trinajstić information content (AvgIpc) is 2.22. The summed E-state index contributed by atoms with van der Waals surface area (Å²) in [6, 6.07) is 4.53. The fourth-order valence-electron chi connectivity index (χ4n) is 0.780. The summed E-state index contributed by atoms with van der Waals surface area (Å²) in [5.74, 6) is 0.304. The maximum atomic E-state index is 11.2. The van der Waals surface area contributed by atoms with Crippen molar-refractivity contribution in [1.82, 2.24) is 5.06 Å². The lowest BCUT2D eigenvalue weighted by atomic mass is 10.3. The van der Waals surface area contributed by atoms with Crippen molar-refractivity contribution >= 4 is 29.3 Å². The van der Waals surface area contributed by atoms with Gasteiger partial charge in [0.2, 0.25) is 0 Å². The Hall–Kier alpha value is -0.970. The summed E-state index contributed by atoms with van der Waals surface area (Å²) in [6.07, 6.45) is -0.643. The summed E-state index contributed by atoms with van der Waals surface area (Å²) in [5.41, 5.74) is 0. The minimum atomic E-state index is -0.643. The zero-order valence-electron chi connectivity index (χ0n) is 8.16. The molecule has 0 fully saturated rings. The highest BCUT2D eigenvalue weighted by molar-refractivity contribution is 6.42. The van der Waals surface area contributed by atoms with Crippen molar-refractivity contribution in [2.75, 3.05) is 14.2 Å². The van der Waals surface area contributed by atoms with Gasteiger partial charge in [-0.15, -0.1) is 0 Å². The van der Waals surface area contributed by atoms with Crippen molar-refractivity contribution in [2.24, 2.45) is 0 Å². The van der Waals surface area contributed by atoms with E-state index >= 15 is 0 Å². The molecule has 1 amide bonds. The summed E-state index contributed by atoms with van der Waals surface area (Å²) in [7, 11) is 2.79. The molecule has 15 heavy (non-hydrogen) atoms. The minimum absolute atomic E-state index is 0.304. The molecule has 0 atom stereocenters. The topological polar surface area (TPSA) is 38.8 Å². The highest BCUT2D eigenvalue weighted by atomic mass is 35.5. The third-order valence-electron chi connectivity index (χ3n) is 1.63. The monoisotopic (exact) mass is 249 g/mol. The number of rotatable bonds is 2. The van der Waals surface area contributed by atoms with Crippen LogP contribution >= 0.6 is 23.2 Å². The van der Waals surface area contributed by atoms with Gasteiger partial charge in [0, 0.05) is 13.1 Å². The number of hydrogen-bond donors (Lipinski definition) is 0. The number of amides is 1. The Morgan fingerprint density at radius 1 is 1.33 bits per heavy atom. The largest absolute Gasteiger partial charge is 0.439 e. The molecule has 82 valence electrons. The van der Waals surface area contributed by atoms with Crippen LogP contribution in [0, 0.1) is 0 Å². The van der Waals surface area contributed by atoms with Gasteiger partial charge in [-0.1, -0.05) is 23.2 Å². The molecule has 0 bridgehead atoms. The number of hydrogen-bond acceptors (Lipinski definition) is 3. The Morgan fingerprint density at radius 3 is 2.53 bits per heavy atom. The Kier molecular flexibility index (Phi) is 4.20. The number of carbonyl (C=O) groups is 1. The highest BCUT2D eigenvalue weighted by Gasteiger charge is 2.11. The lowest BCUT2D eigenvalue weighted by Crippen LogP contribution is -2.28. The standard InChI is InChI=1S/C9H9Cl2NO3/c1-12(14-2)9(13)15-6-3-4-7(10)8(11)5-6/h3-5H,1-2H3. The van der Waals surface area contributed by atoms with Gasteiger partial charge >= 0.3 is 6.09 Å². The molecule has 1 aromatic rings. The molecule has 0 spiro atoms. The molecule has 0 aliphatic rings. The van der Waals surface area contributed by atoms with Crippen molar-refractivity contribution < 1.29 is 14.4 Å². The van der Waals surface area contributed by atoms with E-state index in [1.54, 1.807) is 6.07 Å². The van der Waals surface area contributed by atoms with E-state index in [2.05, 4.69) is 4.84 Å². The second-order valence-electron chi connectivity index (χ2n) is 2.62. The lowest BCUT2D eigenvalue weighted by Gasteiger charge is -2.13. The molecule has 0 heterocycles. The molecule has 0 N–H and O–H groups in total. The SMILES string of the molecule is CON(C)C(=O)Oc1ccc(Cl)c(Cl)c1. The predicted molar refractivity (Wildman–Crippen MR) is 57.3 cm³/mol. The van der Waals surface area contributed by atoms with Crippen LogP contribution in [0.15, 0.2) is 18.2 Å². The minimum Gasteiger partial charge on any atom is -0.409 e. The van der Waals surface area contributed by atoms with Crippen LogP contribution < -0.4 is 4.74 Å². The number of nitrogens with zero attached hydrogens (tertiary/aromatic N) is 1. The van der Waals surface area contributed by atoms with Crippen LogP contribution in [-0.2, 0) is 4.84 Å². The van der Waals surface area contributed by atoms with E-state index in [0.717, 1.165) is 5.06 Å². The summed E-state index contributed by atoms with van der Waals surface area (Å²) in [5, 5.41) is 1.67. The van der Waals surface area contributed by atoms with Gasteiger partial charge in [0.15, 0.2) is 0 Å². The van der Waals surface area contributed by atoms with E-state index in [9.17, 15) is 4.79 Å². The molecule has 0 unspecified atom stereocenters. The number of hydroxylamine groups is 2. The zero-order chi connectivity index (χ0) is 11.4. The highest BCUT2D eigenvalue weighted by Crippen LogP contribution is 2.26. The van der Waals surface area contributed by atoms with E-state index in [4.69, 9.17) is 27.9 Å². The third-order valence-corrected chi connectivity index (χ3v) is 2.37. The van der Waals surface area contributed by atoms with Gasteiger partial charge in [0.25, 0.3) is 0 Å². The summed E-state index contributed by atoms with van der Waals surface area (Å²) in [4.78, 5) is 15.9. The second kappa shape index (κ2) is 5.21. The fraction of sp³-hybridized carbons (Fsp3) is 0.222. The van der Waals surface area contributed by atoms with E-state index in [-0.39, 0.29) is 0 Å². The first-order valence-corrected chi connectivity index (χ1v) is 4.75. The Labute approximate surface area is 97.2 Å². The van der Waals surface area contributed by atoms with E-state index in [1.165, 1.54) is 26.3 Å². The average molecular weight is 250 g/mol. The molecule has 1 rings (SSSR count). The van der Waals surface area contributed by atoms with E-state index < -0.39 is 6.09 Å². The van der Waals surface area contributed by atoms with Crippen molar-refractivity contribution in [2.45, 2.75) is 0 Å². The zero-order valence-corrected chi connectivity index (χ0v) is 9.67. The molecule has 0 saturated heterocycles. The van der Waals surface area contributed by atoms with E-state index in [0.29, 0.717) is 15.8 Å². The molecular formula is C9H9Cl2NO3. The quantitative estimate of drug-likeness (QED) is 0.757. The second-order valence-corrected chi connectivity index (χ2v) is 3.44. The van der Waals surface area contributed by atoms with Gasteiger partial charge in [0.1, 0.15) is 5.75 Å². The molecule has 0 aliphatic heterocycles.